The number of fused-ring (bicyclic) bond motifs is 2. The predicted molar refractivity (Wildman–Crippen MR) is 175 cm³/mol. The average Bonchev–Trinajstić information content (AvgIpc) is 3.69. The minimum atomic E-state index is -1.11. The van der Waals surface area contributed by atoms with Gasteiger partial charge in [-0.15, -0.1) is 11.3 Å². The third-order valence-electron chi connectivity index (χ3n) is 8.05. The zero-order chi connectivity index (χ0) is 32.7. The molecule has 1 aliphatic heterocycles. The number of nitrogens with one attached hydrogen (secondary N) is 2. The van der Waals surface area contributed by atoms with Gasteiger partial charge in [0.05, 0.1) is 29.6 Å². The van der Waals surface area contributed by atoms with E-state index in [1.807, 2.05) is 11.4 Å². The SMILES string of the molecule is C=C(F)C(=O)NCc1cc(-c2nc(-c3ccc4c(c3)CCN(C(C)C)C4)c3ccsc3c2-c2c(F)cc(F)cc2OC(C)C)n[nH]1. The Kier molecular flexibility index (Phi) is 8.71. The lowest BCUT2D eigenvalue weighted by atomic mass is 9.93. The topological polar surface area (TPSA) is 83.1 Å². The number of carbonyl (C=O) groups excluding carboxylic acids is 1. The summed E-state index contributed by atoms with van der Waals surface area (Å²) in [6, 6.07) is 12.5. The van der Waals surface area contributed by atoms with Crippen molar-refractivity contribution < 1.29 is 22.7 Å². The van der Waals surface area contributed by atoms with Crippen LogP contribution in [0.2, 0.25) is 0 Å². The Labute approximate surface area is 269 Å². The maximum absolute atomic E-state index is 15.9. The highest BCUT2D eigenvalue weighted by atomic mass is 32.1. The van der Waals surface area contributed by atoms with Crippen molar-refractivity contribution in [2.24, 2.45) is 0 Å². The first-order valence-corrected chi connectivity index (χ1v) is 16.0. The molecule has 5 aromatic rings. The van der Waals surface area contributed by atoms with Crippen molar-refractivity contribution >= 4 is 27.3 Å². The van der Waals surface area contributed by atoms with Crippen molar-refractivity contribution in [2.45, 2.75) is 59.4 Å². The van der Waals surface area contributed by atoms with Gasteiger partial charge in [0, 0.05) is 52.5 Å². The number of nitrogens with zero attached hydrogens (tertiary/aromatic N) is 3. The van der Waals surface area contributed by atoms with E-state index >= 15 is 4.39 Å². The molecule has 46 heavy (non-hydrogen) atoms. The van der Waals surface area contributed by atoms with Crippen molar-refractivity contribution in [1.82, 2.24) is 25.4 Å². The van der Waals surface area contributed by atoms with Crippen molar-refractivity contribution in [3.63, 3.8) is 0 Å². The number of ether oxygens (including phenoxy) is 1. The monoisotopic (exact) mass is 645 g/mol. The van der Waals surface area contributed by atoms with Crippen LogP contribution in [0.1, 0.15) is 44.5 Å². The number of rotatable bonds is 9. The van der Waals surface area contributed by atoms with E-state index in [0.29, 0.717) is 34.4 Å². The number of pyridine rings is 1. The lowest BCUT2D eigenvalue weighted by Crippen LogP contribution is -2.35. The molecule has 1 amide bonds. The third-order valence-corrected chi connectivity index (χ3v) is 8.98. The number of H-pyrrole nitrogens is 1. The smallest absolute Gasteiger partial charge is 0.279 e. The van der Waals surface area contributed by atoms with Crippen LogP contribution in [0.15, 0.2) is 60.3 Å². The molecule has 0 fully saturated rings. The lowest BCUT2D eigenvalue weighted by Gasteiger charge is -2.32. The molecule has 0 saturated carbocycles. The summed E-state index contributed by atoms with van der Waals surface area (Å²) in [5.41, 5.74) is 5.80. The highest BCUT2D eigenvalue weighted by Crippen LogP contribution is 2.47. The van der Waals surface area contributed by atoms with Crippen molar-refractivity contribution in [2.75, 3.05) is 6.54 Å². The Morgan fingerprint density at radius 2 is 1.89 bits per heavy atom. The molecule has 0 unspecified atom stereocenters. The van der Waals surface area contributed by atoms with Gasteiger partial charge < -0.3 is 10.1 Å². The molecule has 0 saturated heterocycles. The van der Waals surface area contributed by atoms with Crippen molar-refractivity contribution in [3.05, 3.63) is 88.7 Å². The summed E-state index contributed by atoms with van der Waals surface area (Å²) in [7, 11) is 0. The maximum Gasteiger partial charge on any atom is 0.279 e. The first-order chi connectivity index (χ1) is 22.0. The second-order valence-corrected chi connectivity index (χ2v) is 12.9. The minimum Gasteiger partial charge on any atom is -0.490 e. The standard InChI is InChI=1S/C35H34F3N5O2S/c1-18(2)43-10-8-21-12-22(6-7-23(21)17-43)32-26-9-11-46-34(26)31(30-27(38)13-24(37)14-29(30)45-19(3)4)33(40-32)28-15-25(41-42-28)16-39-35(44)20(5)36/h6-7,9,11-15,18-19H,5,8,10,16-17H2,1-4H3,(H,39,44)(H,41,42). The summed E-state index contributed by atoms with van der Waals surface area (Å²) in [5, 5.41) is 12.5. The Morgan fingerprint density at radius 1 is 1.09 bits per heavy atom. The Balaban J connectivity index is 1.55. The number of benzene rings is 2. The van der Waals surface area contributed by atoms with Gasteiger partial charge in [0.1, 0.15) is 28.8 Å². The van der Waals surface area contributed by atoms with Gasteiger partial charge >= 0.3 is 0 Å². The number of thiophene rings is 1. The molecule has 3 aromatic heterocycles. The van der Waals surface area contributed by atoms with E-state index in [4.69, 9.17) is 9.72 Å². The van der Waals surface area contributed by atoms with E-state index < -0.39 is 23.4 Å². The number of aromatic nitrogens is 3. The largest absolute Gasteiger partial charge is 0.490 e. The fourth-order valence-electron chi connectivity index (χ4n) is 5.81. The fraction of sp³-hybridized carbons (Fsp3) is 0.286. The van der Waals surface area contributed by atoms with E-state index in [0.717, 1.165) is 41.2 Å². The number of aromatic amines is 1. The molecule has 0 spiro atoms. The van der Waals surface area contributed by atoms with Crippen LogP contribution in [-0.4, -0.2) is 44.7 Å². The summed E-state index contributed by atoms with van der Waals surface area (Å²) in [6.07, 6.45) is 0.553. The molecular formula is C35H34F3N5O2S. The van der Waals surface area contributed by atoms with Gasteiger partial charge in [0.25, 0.3) is 5.91 Å². The summed E-state index contributed by atoms with van der Waals surface area (Å²) >= 11 is 1.41. The molecule has 0 bridgehead atoms. The summed E-state index contributed by atoms with van der Waals surface area (Å²) in [4.78, 5) is 19.4. The normalized spacial score (nSPS) is 13.4. The Bertz CT molecular complexity index is 1970. The predicted octanol–water partition coefficient (Wildman–Crippen LogP) is 7.95. The van der Waals surface area contributed by atoms with Crippen molar-refractivity contribution in [3.8, 4) is 39.5 Å². The van der Waals surface area contributed by atoms with Gasteiger partial charge in [0.2, 0.25) is 0 Å². The van der Waals surface area contributed by atoms with Crippen LogP contribution in [-0.2, 0) is 24.3 Å². The molecule has 11 heteroatoms. The van der Waals surface area contributed by atoms with E-state index in [1.165, 1.54) is 28.5 Å². The van der Waals surface area contributed by atoms with Gasteiger partial charge in [-0.05, 0) is 68.8 Å². The Hall–Kier alpha value is -4.48. The molecule has 2 N–H and O–H groups in total. The number of amides is 1. The summed E-state index contributed by atoms with van der Waals surface area (Å²) in [6.45, 7) is 12.8. The van der Waals surface area contributed by atoms with Crippen LogP contribution >= 0.6 is 11.3 Å². The van der Waals surface area contributed by atoms with Gasteiger partial charge in [-0.1, -0.05) is 18.7 Å². The number of hydrogen-bond acceptors (Lipinski definition) is 6. The average molecular weight is 646 g/mol. The third kappa shape index (κ3) is 6.17. The molecule has 2 aromatic carbocycles. The zero-order valence-electron chi connectivity index (χ0n) is 26.0. The second-order valence-electron chi connectivity index (χ2n) is 11.9. The van der Waals surface area contributed by atoms with E-state index in [-0.39, 0.29) is 24.0 Å². The first kappa shape index (κ1) is 31.5. The molecule has 1 aliphatic rings. The van der Waals surface area contributed by atoms with Crippen LogP contribution in [0.5, 0.6) is 5.75 Å². The minimum absolute atomic E-state index is 0.0472. The fourth-order valence-corrected chi connectivity index (χ4v) is 6.76. The molecule has 6 rings (SSSR count). The second kappa shape index (κ2) is 12.7. The summed E-state index contributed by atoms with van der Waals surface area (Å²) < 4.78 is 50.4. The van der Waals surface area contributed by atoms with Crippen LogP contribution < -0.4 is 10.1 Å². The Morgan fingerprint density at radius 3 is 2.63 bits per heavy atom. The zero-order valence-corrected chi connectivity index (χ0v) is 26.8. The van der Waals surface area contributed by atoms with E-state index in [9.17, 15) is 13.6 Å². The molecule has 238 valence electrons. The highest BCUT2D eigenvalue weighted by molar-refractivity contribution is 7.18. The molecule has 0 atom stereocenters. The number of hydrogen-bond donors (Lipinski definition) is 2. The van der Waals surface area contributed by atoms with E-state index in [2.05, 4.69) is 59.0 Å². The number of carbonyl (C=O) groups is 1. The lowest BCUT2D eigenvalue weighted by molar-refractivity contribution is -0.119. The number of halogens is 3. The molecular weight excluding hydrogens is 611 g/mol. The first-order valence-electron chi connectivity index (χ1n) is 15.1. The maximum atomic E-state index is 15.9. The van der Waals surface area contributed by atoms with Crippen LogP contribution in [0.25, 0.3) is 43.9 Å². The van der Waals surface area contributed by atoms with Crippen LogP contribution in [0.3, 0.4) is 0 Å². The highest BCUT2D eigenvalue weighted by Gasteiger charge is 2.27. The van der Waals surface area contributed by atoms with Gasteiger partial charge in [-0.25, -0.2) is 18.2 Å². The molecule has 4 heterocycles. The van der Waals surface area contributed by atoms with E-state index in [1.54, 1.807) is 19.9 Å². The molecule has 7 nitrogen and oxygen atoms in total. The molecule has 0 aliphatic carbocycles. The molecule has 0 radical (unpaired) electrons. The van der Waals surface area contributed by atoms with Gasteiger partial charge in [-0.2, -0.15) is 5.10 Å². The van der Waals surface area contributed by atoms with Gasteiger partial charge in [-0.3, -0.25) is 14.8 Å². The van der Waals surface area contributed by atoms with Crippen molar-refractivity contribution in [1.29, 1.82) is 0 Å². The van der Waals surface area contributed by atoms with Gasteiger partial charge in [0.15, 0.2) is 5.83 Å². The van der Waals surface area contributed by atoms with Crippen LogP contribution in [0.4, 0.5) is 13.2 Å². The summed E-state index contributed by atoms with van der Waals surface area (Å²) in [5.74, 6) is -3.56. The van der Waals surface area contributed by atoms with Crippen LogP contribution in [0, 0.1) is 11.6 Å². The quantitative estimate of drug-likeness (QED) is 0.159.